The van der Waals surface area contributed by atoms with E-state index in [1.165, 1.54) is 25.7 Å². The van der Waals surface area contributed by atoms with E-state index in [1.807, 2.05) is 6.07 Å². The number of amides is 1. The van der Waals surface area contributed by atoms with Crippen molar-refractivity contribution in [3.05, 3.63) is 53.3 Å². The van der Waals surface area contributed by atoms with E-state index in [-0.39, 0.29) is 5.91 Å². The molecule has 1 amide bonds. The van der Waals surface area contributed by atoms with E-state index >= 15 is 0 Å². The van der Waals surface area contributed by atoms with Crippen LogP contribution in [0.2, 0.25) is 5.02 Å². The first-order chi connectivity index (χ1) is 10.7. The van der Waals surface area contributed by atoms with E-state index in [4.69, 9.17) is 11.6 Å². The van der Waals surface area contributed by atoms with E-state index < -0.39 is 0 Å². The maximum Gasteiger partial charge on any atom is 0.274 e. The summed E-state index contributed by atoms with van der Waals surface area (Å²) in [6, 6.07) is 11.2. The molecule has 5 heteroatoms. The van der Waals surface area contributed by atoms with Gasteiger partial charge in [-0.15, -0.1) is 0 Å². The van der Waals surface area contributed by atoms with Gasteiger partial charge in [0.2, 0.25) is 0 Å². The molecule has 0 spiro atoms. The minimum Gasteiger partial charge on any atom is -0.381 e. The summed E-state index contributed by atoms with van der Waals surface area (Å²) < 4.78 is 0. The van der Waals surface area contributed by atoms with Crippen LogP contribution in [0.1, 0.15) is 36.2 Å². The second-order valence-electron chi connectivity index (χ2n) is 5.52. The second-order valence-corrected chi connectivity index (χ2v) is 5.96. The topological polar surface area (TPSA) is 54.0 Å². The van der Waals surface area contributed by atoms with Crippen LogP contribution < -0.4 is 10.6 Å². The quantitative estimate of drug-likeness (QED) is 0.882. The summed E-state index contributed by atoms with van der Waals surface area (Å²) in [5, 5.41) is 6.89. The normalized spacial score (nSPS) is 14.8. The van der Waals surface area contributed by atoms with Gasteiger partial charge in [0, 0.05) is 16.8 Å². The minimum absolute atomic E-state index is 0.227. The molecule has 0 radical (unpaired) electrons. The molecule has 0 saturated heterocycles. The van der Waals surface area contributed by atoms with Crippen LogP contribution in [0, 0.1) is 0 Å². The molecule has 1 fully saturated rings. The fourth-order valence-electron chi connectivity index (χ4n) is 2.65. The van der Waals surface area contributed by atoms with Crippen LogP contribution in [-0.4, -0.2) is 16.9 Å². The van der Waals surface area contributed by atoms with E-state index in [9.17, 15) is 4.79 Å². The third-order valence-electron chi connectivity index (χ3n) is 3.82. The number of pyridine rings is 1. The van der Waals surface area contributed by atoms with Gasteiger partial charge in [-0.3, -0.25) is 4.79 Å². The highest BCUT2D eigenvalue weighted by Crippen LogP contribution is 2.22. The maximum atomic E-state index is 12.1. The van der Waals surface area contributed by atoms with Crippen molar-refractivity contribution < 1.29 is 4.79 Å². The number of nitrogens with one attached hydrogen (secondary N) is 2. The van der Waals surface area contributed by atoms with Gasteiger partial charge >= 0.3 is 0 Å². The zero-order valence-corrected chi connectivity index (χ0v) is 12.9. The van der Waals surface area contributed by atoms with E-state index in [1.54, 1.807) is 36.5 Å². The number of benzene rings is 1. The van der Waals surface area contributed by atoms with Gasteiger partial charge < -0.3 is 10.6 Å². The number of nitrogens with zero attached hydrogens (tertiary/aromatic N) is 1. The number of anilines is 2. The number of hydrogen-bond donors (Lipinski definition) is 2. The van der Waals surface area contributed by atoms with E-state index in [2.05, 4.69) is 15.6 Å². The SMILES string of the molecule is O=C(Nc1ccc(Cl)cc1)c1ccc(NC2CCCC2)cn1. The number of aromatic nitrogens is 1. The Hall–Kier alpha value is -2.07. The molecule has 1 aromatic carbocycles. The molecular weight excluding hydrogens is 298 g/mol. The Balaban J connectivity index is 1.61. The summed E-state index contributed by atoms with van der Waals surface area (Å²) in [5.41, 5.74) is 2.06. The van der Waals surface area contributed by atoms with Crippen molar-refractivity contribution in [3.63, 3.8) is 0 Å². The van der Waals surface area contributed by atoms with Gasteiger partial charge in [-0.2, -0.15) is 0 Å². The Kier molecular flexibility index (Phi) is 4.59. The van der Waals surface area contributed by atoms with Gasteiger partial charge in [-0.25, -0.2) is 4.98 Å². The smallest absolute Gasteiger partial charge is 0.274 e. The first-order valence-electron chi connectivity index (χ1n) is 7.50. The lowest BCUT2D eigenvalue weighted by molar-refractivity contribution is 0.102. The Bertz CT molecular complexity index is 634. The van der Waals surface area contributed by atoms with Crippen molar-refractivity contribution in [3.8, 4) is 0 Å². The highest BCUT2D eigenvalue weighted by molar-refractivity contribution is 6.30. The minimum atomic E-state index is -0.227. The standard InChI is InChI=1S/C17H18ClN3O/c18-12-5-7-14(8-6-12)21-17(22)16-10-9-15(11-19-16)20-13-3-1-2-4-13/h5-11,13,20H,1-4H2,(H,21,22). The molecule has 2 N–H and O–H groups in total. The Labute approximate surface area is 134 Å². The average Bonchev–Trinajstić information content (AvgIpc) is 3.03. The first kappa shape index (κ1) is 14.9. The van der Waals surface area contributed by atoms with Crippen molar-refractivity contribution in [1.82, 2.24) is 4.98 Å². The van der Waals surface area contributed by atoms with Crippen LogP contribution in [0.4, 0.5) is 11.4 Å². The zero-order chi connectivity index (χ0) is 15.4. The fourth-order valence-corrected chi connectivity index (χ4v) is 2.77. The summed E-state index contributed by atoms with van der Waals surface area (Å²) in [5.74, 6) is -0.227. The molecule has 1 heterocycles. The van der Waals surface area contributed by atoms with Crippen LogP contribution in [-0.2, 0) is 0 Å². The fraction of sp³-hybridized carbons (Fsp3) is 0.294. The number of hydrogen-bond acceptors (Lipinski definition) is 3. The third-order valence-corrected chi connectivity index (χ3v) is 4.08. The highest BCUT2D eigenvalue weighted by atomic mass is 35.5. The summed E-state index contributed by atoms with van der Waals surface area (Å²) in [4.78, 5) is 16.4. The third kappa shape index (κ3) is 3.77. The lowest BCUT2D eigenvalue weighted by Gasteiger charge is -2.13. The highest BCUT2D eigenvalue weighted by Gasteiger charge is 2.15. The summed E-state index contributed by atoms with van der Waals surface area (Å²) >= 11 is 5.82. The predicted molar refractivity (Wildman–Crippen MR) is 89.5 cm³/mol. The van der Waals surface area contributed by atoms with E-state index in [0.717, 1.165) is 5.69 Å². The van der Waals surface area contributed by atoms with E-state index in [0.29, 0.717) is 22.4 Å². The Morgan fingerprint density at radius 1 is 1.05 bits per heavy atom. The molecule has 22 heavy (non-hydrogen) atoms. The van der Waals surface area contributed by atoms with Gasteiger partial charge in [0.25, 0.3) is 5.91 Å². The number of halogens is 1. The van der Waals surface area contributed by atoms with Gasteiger partial charge in [0.05, 0.1) is 11.9 Å². The second kappa shape index (κ2) is 6.79. The molecule has 114 valence electrons. The zero-order valence-electron chi connectivity index (χ0n) is 12.2. The van der Waals surface area contributed by atoms with Crippen molar-refractivity contribution in [2.75, 3.05) is 10.6 Å². The number of carbonyl (C=O) groups is 1. The van der Waals surface area contributed by atoms with Crippen LogP contribution in [0.25, 0.3) is 0 Å². The predicted octanol–water partition coefficient (Wildman–Crippen LogP) is 4.34. The van der Waals surface area contributed by atoms with Crippen LogP contribution >= 0.6 is 11.6 Å². The van der Waals surface area contributed by atoms with Gasteiger partial charge in [0.15, 0.2) is 0 Å². The monoisotopic (exact) mass is 315 g/mol. The number of rotatable bonds is 4. The maximum absolute atomic E-state index is 12.1. The first-order valence-corrected chi connectivity index (χ1v) is 7.88. The van der Waals surface area contributed by atoms with Crippen LogP contribution in [0.3, 0.4) is 0 Å². The summed E-state index contributed by atoms with van der Waals surface area (Å²) in [6.07, 6.45) is 6.70. The molecule has 0 aliphatic heterocycles. The van der Waals surface area contributed by atoms with Crippen molar-refractivity contribution in [1.29, 1.82) is 0 Å². The van der Waals surface area contributed by atoms with Crippen LogP contribution in [0.15, 0.2) is 42.6 Å². The molecule has 0 atom stereocenters. The molecule has 3 rings (SSSR count). The molecule has 2 aromatic rings. The van der Waals surface area contributed by atoms with Crippen molar-refractivity contribution >= 4 is 28.9 Å². The van der Waals surface area contributed by atoms with Gasteiger partial charge in [-0.05, 0) is 49.2 Å². The van der Waals surface area contributed by atoms with Gasteiger partial charge in [-0.1, -0.05) is 24.4 Å². The van der Waals surface area contributed by atoms with Crippen molar-refractivity contribution in [2.45, 2.75) is 31.7 Å². The lowest BCUT2D eigenvalue weighted by atomic mass is 10.2. The average molecular weight is 316 g/mol. The molecule has 1 aliphatic rings. The molecular formula is C17H18ClN3O. The lowest BCUT2D eigenvalue weighted by Crippen LogP contribution is -2.16. The summed E-state index contributed by atoms with van der Waals surface area (Å²) in [7, 11) is 0. The van der Waals surface area contributed by atoms with Crippen LogP contribution in [0.5, 0.6) is 0 Å². The molecule has 4 nitrogen and oxygen atoms in total. The summed E-state index contributed by atoms with van der Waals surface area (Å²) in [6.45, 7) is 0. The largest absolute Gasteiger partial charge is 0.381 e. The Morgan fingerprint density at radius 3 is 2.36 bits per heavy atom. The van der Waals surface area contributed by atoms with Gasteiger partial charge in [0.1, 0.15) is 5.69 Å². The number of carbonyl (C=O) groups excluding carboxylic acids is 1. The molecule has 0 unspecified atom stereocenters. The molecule has 1 aromatic heterocycles. The molecule has 1 saturated carbocycles. The molecule has 1 aliphatic carbocycles. The molecule has 0 bridgehead atoms. The Morgan fingerprint density at radius 2 is 1.73 bits per heavy atom. The van der Waals surface area contributed by atoms with Crippen molar-refractivity contribution in [2.24, 2.45) is 0 Å².